The van der Waals surface area contributed by atoms with Gasteiger partial charge in [-0.15, -0.1) is 0 Å². The Morgan fingerprint density at radius 3 is 2.12 bits per heavy atom. The van der Waals surface area contributed by atoms with E-state index < -0.39 is 47.3 Å². The minimum Gasteiger partial charge on any atom is -0.458 e. The lowest BCUT2D eigenvalue weighted by Gasteiger charge is -2.38. The summed E-state index contributed by atoms with van der Waals surface area (Å²) in [5.41, 5.74) is -0.890. The van der Waals surface area contributed by atoms with Crippen LogP contribution in [-0.2, 0) is 30.4 Å². The summed E-state index contributed by atoms with van der Waals surface area (Å²) in [4.78, 5) is 51.5. The molecule has 32 heavy (non-hydrogen) atoms. The number of hydrogen-bond donors (Lipinski definition) is 1. The Morgan fingerprint density at radius 1 is 0.969 bits per heavy atom. The first kappa shape index (κ1) is 25.2. The highest BCUT2D eigenvalue weighted by molar-refractivity contribution is 6.01. The molecule has 0 unspecified atom stereocenters. The van der Waals surface area contributed by atoms with Crippen molar-refractivity contribution in [2.75, 3.05) is 0 Å². The predicted molar refractivity (Wildman–Crippen MR) is 115 cm³/mol. The van der Waals surface area contributed by atoms with Crippen LogP contribution in [0.25, 0.3) is 0 Å². The Balaban J connectivity index is 2.12. The topological polar surface area (TPSA) is 111 Å². The van der Waals surface area contributed by atoms with Crippen LogP contribution in [0.3, 0.4) is 0 Å². The number of esters is 1. The molecule has 1 saturated heterocycles. The van der Waals surface area contributed by atoms with E-state index in [0.29, 0.717) is 0 Å². The molecule has 0 bridgehead atoms. The molecule has 1 fully saturated rings. The maximum Gasteiger partial charge on any atom is 0.417 e. The molecule has 2 atom stereocenters. The molecule has 2 rings (SSSR count). The van der Waals surface area contributed by atoms with Gasteiger partial charge in [0, 0.05) is 0 Å². The Morgan fingerprint density at radius 2 is 1.56 bits per heavy atom. The largest absolute Gasteiger partial charge is 0.458 e. The number of piperidine rings is 1. The molecule has 1 aliphatic rings. The van der Waals surface area contributed by atoms with Gasteiger partial charge in [0.2, 0.25) is 0 Å². The van der Waals surface area contributed by atoms with Crippen molar-refractivity contribution < 1.29 is 33.4 Å². The van der Waals surface area contributed by atoms with Gasteiger partial charge in [0.15, 0.2) is 0 Å². The highest BCUT2D eigenvalue weighted by Crippen LogP contribution is 2.25. The van der Waals surface area contributed by atoms with Gasteiger partial charge >= 0.3 is 18.2 Å². The molecular formula is C23H32N2O7. The average molecular weight is 449 g/mol. The van der Waals surface area contributed by atoms with Crippen molar-refractivity contribution in [2.45, 2.75) is 84.3 Å². The molecule has 0 radical (unpaired) electrons. The van der Waals surface area contributed by atoms with E-state index in [4.69, 9.17) is 14.2 Å². The third-order valence-corrected chi connectivity index (χ3v) is 4.35. The first-order chi connectivity index (χ1) is 14.8. The maximum atomic E-state index is 13.1. The van der Waals surface area contributed by atoms with Crippen LogP contribution >= 0.6 is 0 Å². The third kappa shape index (κ3) is 7.55. The van der Waals surface area contributed by atoms with Gasteiger partial charge in [0.1, 0.15) is 29.9 Å². The fraction of sp³-hybridized carbons (Fsp3) is 0.565. The molecule has 1 N–H and O–H groups in total. The first-order valence-electron chi connectivity index (χ1n) is 10.5. The Hall–Kier alpha value is -3.10. The molecule has 1 aromatic carbocycles. The Bertz CT molecular complexity index is 840. The molecule has 3 amide bonds. The smallest absolute Gasteiger partial charge is 0.417 e. The fourth-order valence-electron chi connectivity index (χ4n) is 3.06. The van der Waals surface area contributed by atoms with E-state index in [0.717, 1.165) is 10.5 Å². The van der Waals surface area contributed by atoms with E-state index in [1.807, 2.05) is 18.2 Å². The van der Waals surface area contributed by atoms with Gasteiger partial charge in [-0.1, -0.05) is 30.3 Å². The van der Waals surface area contributed by atoms with Gasteiger partial charge in [0.25, 0.3) is 5.91 Å². The van der Waals surface area contributed by atoms with Gasteiger partial charge in [-0.25, -0.2) is 19.3 Å². The highest BCUT2D eigenvalue weighted by Gasteiger charge is 2.46. The second-order valence-electron chi connectivity index (χ2n) is 9.57. The van der Waals surface area contributed by atoms with Crippen LogP contribution in [0, 0.1) is 0 Å². The maximum absolute atomic E-state index is 13.1. The first-order valence-corrected chi connectivity index (χ1v) is 10.5. The van der Waals surface area contributed by atoms with Gasteiger partial charge < -0.3 is 19.5 Å². The van der Waals surface area contributed by atoms with E-state index in [1.54, 1.807) is 53.7 Å². The lowest BCUT2D eigenvalue weighted by molar-refractivity contribution is -0.167. The van der Waals surface area contributed by atoms with Gasteiger partial charge in [-0.3, -0.25) is 4.79 Å². The summed E-state index contributed by atoms with van der Waals surface area (Å²) in [6.07, 6.45) is -1.51. The number of rotatable bonds is 4. The summed E-state index contributed by atoms with van der Waals surface area (Å²) in [5.74, 6) is -1.46. The number of amides is 3. The number of nitrogens with one attached hydrogen (secondary N) is 1. The monoisotopic (exact) mass is 448 g/mol. The van der Waals surface area contributed by atoms with Gasteiger partial charge in [0.05, 0.1) is 0 Å². The quantitative estimate of drug-likeness (QED) is 0.554. The van der Waals surface area contributed by atoms with Crippen molar-refractivity contribution in [1.82, 2.24) is 10.2 Å². The van der Waals surface area contributed by atoms with Crippen LogP contribution in [0.5, 0.6) is 0 Å². The molecule has 0 saturated carbocycles. The summed E-state index contributed by atoms with van der Waals surface area (Å²) >= 11 is 0. The number of ether oxygens (including phenoxy) is 3. The SMILES string of the molecule is CC(C)(C)OC(=O)[C@@H]1CC[C@H](NC(=O)OCc2ccccc2)C(=O)N1C(=O)OC(C)(C)C. The number of alkyl carbamates (subject to hydrolysis) is 1. The second kappa shape index (κ2) is 10.0. The minimum absolute atomic E-state index is 0.0316. The van der Waals surface area contributed by atoms with Crippen LogP contribution in [0.1, 0.15) is 59.9 Å². The Kier molecular flexibility index (Phi) is 7.87. The summed E-state index contributed by atoms with van der Waals surface area (Å²) in [6.45, 7) is 10.1. The molecule has 9 nitrogen and oxygen atoms in total. The molecule has 0 aliphatic carbocycles. The number of nitrogens with zero attached hydrogens (tertiary/aromatic N) is 1. The molecule has 1 aromatic rings. The van der Waals surface area contributed by atoms with Crippen LogP contribution in [0.4, 0.5) is 9.59 Å². The van der Waals surface area contributed by atoms with E-state index in [2.05, 4.69) is 5.32 Å². The standard InChI is InChI=1S/C23H32N2O7/c1-22(2,3)31-19(27)17-13-12-16(18(26)25(17)21(29)32-23(4,5)6)24-20(28)30-14-15-10-8-7-9-11-15/h7-11,16-17H,12-14H2,1-6H3,(H,24,28)/t16-,17-/m0/s1. The third-order valence-electron chi connectivity index (χ3n) is 4.35. The zero-order chi connectivity index (χ0) is 24.1. The molecule has 0 spiro atoms. The van der Waals surface area contributed by atoms with Crippen molar-refractivity contribution >= 4 is 24.1 Å². The number of benzene rings is 1. The molecule has 0 aromatic heterocycles. The molecule has 1 aliphatic heterocycles. The van der Waals surface area contributed by atoms with Crippen molar-refractivity contribution in [3.05, 3.63) is 35.9 Å². The normalized spacial score (nSPS) is 19.2. The number of carbonyl (C=O) groups excluding carboxylic acids is 4. The second-order valence-corrected chi connectivity index (χ2v) is 9.57. The summed E-state index contributed by atoms with van der Waals surface area (Å²) in [6, 6.07) is 6.90. The zero-order valence-electron chi connectivity index (χ0n) is 19.5. The molecule has 176 valence electrons. The average Bonchev–Trinajstić information content (AvgIpc) is 2.65. The van der Waals surface area contributed by atoms with Crippen molar-refractivity contribution in [2.24, 2.45) is 0 Å². The van der Waals surface area contributed by atoms with Crippen LogP contribution in [0.15, 0.2) is 30.3 Å². The lowest BCUT2D eigenvalue weighted by atomic mass is 9.97. The van der Waals surface area contributed by atoms with E-state index in [1.165, 1.54) is 0 Å². The van der Waals surface area contributed by atoms with Crippen LogP contribution in [0.2, 0.25) is 0 Å². The Labute approximate surface area is 188 Å². The number of hydrogen-bond acceptors (Lipinski definition) is 7. The summed E-state index contributed by atoms with van der Waals surface area (Å²) < 4.78 is 15.9. The lowest BCUT2D eigenvalue weighted by Crippen LogP contribution is -2.61. The van der Waals surface area contributed by atoms with E-state index in [-0.39, 0.29) is 19.4 Å². The van der Waals surface area contributed by atoms with Gasteiger partial charge in [-0.2, -0.15) is 0 Å². The number of carbonyl (C=O) groups is 4. The summed E-state index contributed by atoms with van der Waals surface area (Å²) in [7, 11) is 0. The molecule has 9 heteroatoms. The van der Waals surface area contributed by atoms with E-state index in [9.17, 15) is 19.2 Å². The number of likely N-dealkylation sites (tertiary alicyclic amines) is 1. The number of imide groups is 1. The van der Waals surface area contributed by atoms with Crippen molar-refractivity contribution in [1.29, 1.82) is 0 Å². The van der Waals surface area contributed by atoms with E-state index >= 15 is 0 Å². The fourth-order valence-corrected chi connectivity index (χ4v) is 3.06. The summed E-state index contributed by atoms with van der Waals surface area (Å²) in [5, 5.41) is 2.48. The van der Waals surface area contributed by atoms with Crippen molar-refractivity contribution in [3.63, 3.8) is 0 Å². The van der Waals surface area contributed by atoms with Crippen LogP contribution in [-0.4, -0.2) is 52.2 Å². The minimum atomic E-state index is -1.14. The predicted octanol–water partition coefficient (Wildman–Crippen LogP) is 3.55. The van der Waals surface area contributed by atoms with Crippen molar-refractivity contribution in [3.8, 4) is 0 Å². The van der Waals surface area contributed by atoms with Crippen LogP contribution < -0.4 is 5.32 Å². The zero-order valence-corrected chi connectivity index (χ0v) is 19.5. The molecule has 1 heterocycles. The highest BCUT2D eigenvalue weighted by atomic mass is 16.6. The molecular weight excluding hydrogens is 416 g/mol. The van der Waals surface area contributed by atoms with Gasteiger partial charge in [-0.05, 0) is 59.9 Å².